The molecule has 0 aliphatic heterocycles. The van der Waals surface area contributed by atoms with E-state index in [-0.39, 0.29) is 0 Å². The highest BCUT2D eigenvalue weighted by atomic mass is 32.1. The van der Waals surface area contributed by atoms with Gasteiger partial charge in [-0.05, 0) is 6.42 Å². The number of hydrogen-bond acceptors (Lipinski definition) is 4. The van der Waals surface area contributed by atoms with Gasteiger partial charge < -0.3 is 10.1 Å². The molecule has 3 nitrogen and oxygen atoms in total. The summed E-state index contributed by atoms with van der Waals surface area (Å²) in [5, 5.41) is 6.48. The third-order valence-electron chi connectivity index (χ3n) is 2.30. The van der Waals surface area contributed by atoms with Crippen LogP contribution >= 0.6 is 11.3 Å². The molecule has 1 N–H and O–H groups in total. The Labute approximate surface area is 101 Å². The van der Waals surface area contributed by atoms with Crippen LogP contribution in [0.15, 0.2) is 5.38 Å². The second kappa shape index (κ2) is 7.39. The maximum atomic E-state index is 5.30. The topological polar surface area (TPSA) is 34.1 Å². The summed E-state index contributed by atoms with van der Waals surface area (Å²) in [5.74, 6) is 2.68. The fourth-order valence-electron chi connectivity index (χ4n) is 1.37. The molecular weight excluding hydrogens is 220 g/mol. The van der Waals surface area contributed by atoms with E-state index in [1.165, 1.54) is 0 Å². The Hall–Kier alpha value is -0.890. The Bertz CT molecular complexity index is 343. The normalized spacial score (nSPS) is 12.3. The van der Waals surface area contributed by atoms with Crippen LogP contribution in [0.3, 0.4) is 0 Å². The van der Waals surface area contributed by atoms with Gasteiger partial charge in [0.25, 0.3) is 0 Å². The van der Waals surface area contributed by atoms with E-state index in [0.717, 1.165) is 30.1 Å². The Morgan fingerprint density at radius 3 is 3.12 bits per heavy atom. The van der Waals surface area contributed by atoms with Crippen LogP contribution in [-0.4, -0.2) is 18.1 Å². The van der Waals surface area contributed by atoms with E-state index in [1.54, 1.807) is 18.4 Å². The molecule has 88 valence electrons. The molecule has 1 aromatic heterocycles. The standard InChI is InChI=1S/C12H18N2OS/c1-4-6-10(5-2)13-7-11-9-16-12(14-11)8-15-3/h1,9-10,13H,5-8H2,2-3H3. The third kappa shape index (κ3) is 4.31. The molecule has 0 bridgehead atoms. The number of hydrogen-bond donors (Lipinski definition) is 1. The smallest absolute Gasteiger partial charge is 0.119 e. The lowest BCUT2D eigenvalue weighted by atomic mass is 10.1. The van der Waals surface area contributed by atoms with Gasteiger partial charge in [0.05, 0.1) is 12.3 Å². The molecule has 0 saturated heterocycles. The molecule has 0 aliphatic rings. The van der Waals surface area contributed by atoms with Crippen LogP contribution < -0.4 is 5.32 Å². The van der Waals surface area contributed by atoms with Crippen molar-refractivity contribution in [2.24, 2.45) is 0 Å². The summed E-state index contributed by atoms with van der Waals surface area (Å²) in [6.45, 7) is 3.50. The summed E-state index contributed by atoms with van der Waals surface area (Å²) in [5.41, 5.74) is 1.06. The second-order valence-corrected chi connectivity index (χ2v) is 4.50. The number of nitrogens with zero attached hydrogens (tertiary/aromatic N) is 1. The summed E-state index contributed by atoms with van der Waals surface area (Å²) < 4.78 is 5.03. The summed E-state index contributed by atoms with van der Waals surface area (Å²) in [6.07, 6.45) is 7.11. The minimum absolute atomic E-state index is 0.387. The Kier molecular flexibility index (Phi) is 6.09. The summed E-state index contributed by atoms with van der Waals surface area (Å²) in [6, 6.07) is 0.387. The van der Waals surface area contributed by atoms with Crippen molar-refractivity contribution in [3.05, 3.63) is 16.1 Å². The lowest BCUT2D eigenvalue weighted by molar-refractivity contribution is 0.184. The Balaban J connectivity index is 2.38. The molecule has 1 aromatic rings. The van der Waals surface area contributed by atoms with Crippen molar-refractivity contribution in [1.82, 2.24) is 10.3 Å². The number of rotatable bonds is 7. The molecule has 0 aliphatic carbocycles. The largest absolute Gasteiger partial charge is 0.378 e. The van der Waals surface area contributed by atoms with Crippen molar-refractivity contribution in [3.63, 3.8) is 0 Å². The number of ether oxygens (including phenoxy) is 1. The minimum atomic E-state index is 0.387. The number of terminal acetylenes is 1. The fourth-order valence-corrected chi connectivity index (χ4v) is 2.14. The summed E-state index contributed by atoms with van der Waals surface area (Å²) in [4.78, 5) is 4.45. The summed E-state index contributed by atoms with van der Waals surface area (Å²) in [7, 11) is 1.68. The molecule has 0 fully saturated rings. The van der Waals surface area contributed by atoms with Gasteiger partial charge in [-0.15, -0.1) is 23.7 Å². The first-order chi connectivity index (χ1) is 7.80. The zero-order chi connectivity index (χ0) is 11.8. The van der Waals surface area contributed by atoms with Gasteiger partial charge in [0.15, 0.2) is 0 Å². The monoisotopic (exact) mass is 238 g/mol. The first-order valence-corrected chi connectivity index (χ1v) is 6.27. The average Bonchev–Trinajstić information content (AvgIpc) is 2.72. The lowest BCUT2D eigenvalue weighted by Gasteiger charge is -2.12. The van der Waals surface area contributed by atoms with Crippen molar-refractivity contribution in [3.8, 4) is 12.3 Å². The maximum Gasteiger partial charge on any atom is 0.119 e. The maximum absolute atomic E-state index is 5.30. The third-order valence-corrected chi connectivity index (χ3v) is 3.17. The first kappa shape index (κ1) is 13.2. The van der Waals surface area contributed by atoms with Crippen LogP contribution in [0, 0.1) is 12.3 Å². The first-order valence-electron chi connectivity index (χ1n) is 5.39. The van der Waals surface area contributed by atoms with E-state index >= 15 is 0 Å². The molecule has 0 amide bonds. The van der Waals surface area contributed by atoms with E-state index in [0.29, 0.717) is 12.6 Å². The van der Waals surface area contributed by atoms with E-state index in [2.05, 4.69) is 28.5 Å². The van der Waals surface area contributed by atoms with Crippen molar-refractivity contribution in [1.29, 1.82) is 0 Å². The van der Waals surface area contributed by atoms with Crippen molar-refractivity contribution < 1.29 is 4.74 Å². The zero-order valence-electron chi connectivity index (χ0n) is 9.82. The highest BCUT2D eigenvalue weighted by molar-refractivity contribution is 7.09. The molecule has 16 heavy (non-hydrogen) atoms. The number of methoxy groups -OCH3 is 1. The van der Waals surface area contributed by atoms with Gasteiger partial charge in [-0.3, -0.25) is 0 Å². The average molecular weight is 238 g/mol. The van der Waals surface area contributed by atoms with Crippen LogP contribution in [0.25, 0.3) is 0 Å². The van der Waals surface area contributed by atoms with E-state index in [1.807, 2.05) is 0 Å². The molecule has 1 rings (SSSR count). The fraction of sp³-hybridized carbons (Fsp3) is 0.583. The zero-order valence-corrected chi connectivity index (χ0v) is 10.6. The predicted molar refractivity (Wildman–Crippen MR) is 67.2 cm³/mol. The van der Waals surface area contributed by atoms with Gasteiger partial charge in [-0.2, -0.15) is 0 Å². The SMILES string of the molecule is C#CCC(CC)NCc1csc(COC)n1. The van der Waals surface area contributed by atoms with Gasteiger partial charge >= 0.3 is 0 Å². The highest BCUT2D eigenvalue weighted by Gasteiger charge is 2.06. The van der Waals surface area contributed by atoms with Crippen LogP contribution in [0.4, 0.5) is 0 Å². The molecule has 1 atom stereocenters. The highest BCUT2D eigenvalue weighted by Crippen LogP contribution is 2.11. The van der Waals surface area contributed by atoms with Gasteiger partial charge in [0.2, 0.25) is 0 Å². The minimum Gasteiger partial charge on any atom is -0.378 e. The molecular formula is C12H18N2OS. The van der Waals surface area contributed by atoms with Gasteiger partial charge in [0, 0.05) is 31.5 Å². The molecule has 4 heteroatoms. The van der Waals surface area contributed by atoms with Gasteiger partial charge in [0.1, 0.15) is 5.01 Å². The van der Waals surface area contributed by atoms with Crippen molar-refractivity contribution in [2.75, 3.05) is 7.11 Å². The van der Waals surface area contributed by atoms with Crippen LogP contribution in [0.1, 0.15) is 30.5 Å². The second-order valence-electron chi connectivity index (χ2n) is 3.56. The van der Waals surface area contributed by atoms with Crippen LogP contribution in [0.5, 0.6) is 0 Å². The molecule has 1 heterocycles. The molecule has 1 unspecified atom stereocenters. The van der Waals surface area contributed by atoms with Crippen LogP contribution in [-0.2, 0) is 17.9 Å². The Morgan fingerprint density at radius 2 is 2.50 bits per heavy atom. The molecule has 0 aromatic carbocycles. The van der Waals surface area contributed by atoms with Crippen molar-refractivity contribution in [2.45, 2.75) is 39.0 Å². The predicted octanol–water partition coefficient (Wildman–Crippen LogP) is 2.18. The summed E-state index contributed by atoms with van der Waals surface area (Å²) >= 11 is 1.63. The van der Waals surface area contributed by atoms with E-state index in [4.69, 9.17) is 11.2 Å². The van der Waals surface area contributed by atoms with Gasteiger partial charge in [-0.25, -0.2) is 4.98 Å². The number of nitrogens with one attached hydrogen (secondary N) is 1. The molecule has 0 spiro atoms. The van der Waals surface area contributed by atoms with Crippen molar-refractivity contribution >= 4 is 11.3 Å². The van der Waals surface area contributed by atoms with Crippen LogP contribution in [0.2, 0.25) is 0 Å². The molecule has 0 radical (unpaired) electrons. The van der Waals surface area contributed by atoms with E-state index < -0.39 is 0 Å². The molecule has 0 saturated carbocycles. The quantitative estimate of drug-likeness (QED) is 0.739. The number of thiazole rings is 1. The lowest BCUT2D eigenvalue weighted by Crippen LogP contribution is -2.27. The Morgan fingerprint density at radius 1 is 1.69 bits per heavy atom. The van der Waals surface area contributed by atoms with E-state index in [9.17, 15) is 0 Å². The number of aromatic nitrogens is 1. The van der Waals surface area contributed by atoms with Gasteiger partial charge in [-0.1, -0.05) is 6.92 Å².